The Kier molecular flexibility index (Phi) is 7.88. The molecule has 0 saturated carbocycles. The Morgan fingerprint density at radius 2 is 1.89 bits per heavy atom. The second kappa shape index (κ2) is 10.9. The van der Waals surface area contributed by atoms with E-state index in [1.807, 2.05) is 66.5 Å². The van der Waals surface area contributed by atoms with Crippen molar-refractivity contribution < 1.29 is 19.1 Å². The van der Waals surface area contributed by atoms with E-state index in [1.54, 1.807) is 22.3 Å². The molecule has 9 heteroatoms. The Bertz CT molecular complexity index is 1050. The fourth-order valence-corrected chi connectivity index (χ4v) is 5.51. The molecule has 3 amide bonds. The maximum Gasteiger partial charge on any atom is 0.257 e. The highest BCUT2D eigenvalue weighted by Crippen LogP contribution is 2.39. The van der Waals surface area contributed by atoms with Crippen LogP contribution in [0.25, 0.3) is 0 Å². The average Bonchev–Trinajstić information content (AvgIpc) is 3.47. The first-order valence-electron chi connectivity index (χ1n) is 12.1. The number of aryl methyl sites for hydroxylation is 1. The van der Waals surface area contributed by atoms with Crippen LogP contribution in [-0.2, 0) is 20.7 Å². The van der Waals surface area contributed by atoms with Crippen molar-refractivity contribution in [2.24, 2.45) is 0 Å². The molecule has 1 atom stereocenters. The minimum atomic E-state index is -0.900. The summed E-state index contributed by atoms with van der Waals surface area (Å²) in [5.74, 6) is -0.330. The van der Waals surface area contributed by atoms with Crippen LogP contribution in [0.4, 0.5) is 0 Å². The van der Waals surface area contributed by atoms with Gasteiger partial charge in [0, 0.05) is 49.5 Å². The number of thiophene rings is 1. The van der Waals surface area contributed by atoms with Gasteiger partial charge in [0.15, 0.2) is 0 Å². The van der Waals surface area contributed by atoms with Crippen LogP contribution < -0.4 is 5.32 Å². The van der Waals surface area contributed by atoms with Gasteiger partial charge in [-0.1, -0.05) is 24.3 Å². The minimum absolute atomic E-state index is 0.0788. The molecule has 0 radical (unpaired) electrons. The monoisotopic (exact) mass is 498 g/mol. The molecule has 1 N–H and O–H groups in total. The highest BCUT2D eigenvalue weighted by atomic mass is 32.1. The van der Waals surface area contributed by atoms with E-state index in [2.05, 4.69) is 5.32 Å². The molecular weight excluding hydrogens is 464 g/mol. The molecule has 4 rings (SSSR count). The van der Waals surface area contributed by atoms with Crippen molar-refractivity contribution in [2.75, 3.05) is 46.9 Å². The molecule has 35 heavy (non-hydrogen) atoms. The first-order valence-corrected chi connectivity index (χ1v) is 12.9. The number of likely N-dealkylation sites (tertiary alicyclic amines) is 1. The second-order valence-corrected chi connectivity index (χ2v) is 10.5. The van der Waals surface area contributed by atoms with Gasteiger partial charge in [-0.15, -0.1) is 11.3 Å². The predicted molar refractivity (Wildman–Crippen MR) is 135 cm³/mol. The number of hydrogen-bond acceptors (Lipinski definition) is 6. The highest BCUT2D eigenvalue weighted by molar-refractivity contribution is 7.10. The van der Waals surface area contributed by atoms with Crippen molar-refractivity contribution in [3.63, 3.8) is 0 Å². The van der Waals surface area contributed by atoms with Gasteiger partial charge in [0.25, 0.3) is 5.91 Å². The van der Waals surface area contributed by atoms with Crippen LogP contribution in [0.1, 0.15) is 33.6 Å². The van der Waals surface area contributed by atoms with Gasteiger partial charge in [-0.2, -0.15) is 0 Å². The largest absolute Gasteiger partial charge is 0.353 e. The zero-order valence-corrected chi connectivity index (χ0v) is 21.5. The number of hydrogen-bond donors (Lipinski definition) is 1. The molecule has 8 nitrogen and oxygen atoms in total. The number of amides is 3. The van der Waals surface area contributed by atoms with Crippen LogP contribution in [0.15, 0.2) is 41.8 Å². The molecular formula is C26H34N4O4S. The standard InChI is InChI=1S/C26H34N4O4S/c1-19-7-4-5-9-21(19)25(33)30-22(24(32)27-12-15-28(2)3)18-34-26(30)10-13-29(14-11-26)23(31)17-20-8-6-16-35-20/h4-9,16,22H,10-15,17-18H2,1-3H3,(H,27,32). The summed E-state index contributed by atoms with van der Waals surface area (Å²) in [6.45, 7) is 4.21. The smallest absolute Gasteiger partial charge is 0.257 e. The number of nitrogens with zero attached hydrogens (tertiary/aromatic N) is 3. The van der Waals surface area contributed by atoms with E-state index in [0.29, 0.717) is 51.0 Å². The van der Waals surface area contributed by atoms with Gasteiger partial charge in [-0.3, -0.25) is 19.3 Å². The normalized spacial score (nSPS) is 19.4. The van der Waals surface area contributed by atoms with Gasteiger partial charge in [-0.05, 0) is 44.1 Å². The van der Waals surface area contributed by atoms with E-state index in [0.717, 1.165) is 10.4 Å². The molecule has 1 aromatic heterocycles. The maximum atomic E-state index is 13.8. The average molecular weight is 499 g/mol. The Morgan fingerprint density at radius 1 is 1.14 bits per heavy atom. The van der Waals surface area contributed by atoms with Crippen LogP contribution in [-0.4, -0.2) is 91.1 Å². The minimum Gasteiger partial charge on any atom is -0.353 e. The number of carbonyl (C=O) groups excluding carboxylic acids is 3. The second-order valence-electron chi connectivity index (χ2n) is 9.49. The third-order valence-electron chi connectivity index (χ3n) is 6.82. The number of nitrogens with one attached hydrogen (secondary N) is 1. The lowest BCUT2D eigenvalue weighted by atomic mass is 9.95. The summed E-state index contributed by atoms with van der Waals surface area (Å²) in [6.07, 6.45) is 1.33. The van der Waals surface area contributed by atoms with Gasteiger partial charge in [0.1, 0.15) is 11.8 Å². The van der Waals surface area contributed by atoms with E-state index in [9.17, 15) is 14.4 Å². The Balaban J connectivity index is 1.52. The number of carbonyl (C=O) groups is 3. The lowest BCUT2D eigenvalue weighted by Crippen LogP contribution is -2.60. The SMILES string of the molecule is Cc1ccccc1C(=O)N1C(C(=O)NCCN(C)C)COC12CCN(C(=O)Cc1cccs1)CC2. The molecule has 0 bridgehead atoms. The molecule has 3 heterocycles. The van der Waals surface area contributed by atoms with Gasteiger partial charge in [-0.25, -0.2) is 0 Å². The predicted octanol–water partition coefficient (Wildman–Crippen LogP) is 2.14. The van der Waals surface area contributed by atoms with Crippen LogP contribution in [0.2, 0.25) is 0 Å². The zero-order chi connectivity index (χ0) is 25.0. The summed E-state index contributed by atoms with van der Waals surface area (Å²) in [5, 5.41) is 4.93. The number of piperidine rings is 1. The van der Waals surface area contributed by atoms with Crippen molar-refractivity contribution in [1.29, 1.82) is 0 Å². The molecule has 2 aliphatic rings. The molecule has 1 aromatic carbocycles. The van der Waals surface area contributed by atoms with E-state index < -0.39 is 11.8 Å². The number of ether oxygens (including phenoxy) is 1. The lowest BCUT2D eigenvalue weighted by Gasteiger charge is -2.44. The highest BCUT2D eigenvalue weighted by Gasteiger charge is 2.54. The van der Waals surface area contributed by atoms with Gasteiger partial charge >= 0.3 is 0 Å². The summed E-state index contributed by atoms with van der Waals surface area (Å²) in [6, 6.07) is 10.6. The molecule has 2 aromatic rings. The van der Waals surface area contributed by atoms with E-state index in [-0.39, 0.29) is 24.3 Å². The lowest BCUT2D eigenvalue weighted by molar-refractivity contribution is -0.143. The van der Waals surface area contributed by atoms with Crippen molar-refractivity contribution in [2.45, 2.75) is 38.0 Å². The summed E-state index contributed by atoms with van der Waals surface area (Å²) in [5.41, 5.74) is 0.525. The summed E-state index contributed by atoms with van der Waals surface area (Å²) >= 11 is 1.58. The number of likely N-dealkylation sites (N-methyl/N-ethyl adjacent to an activating group) is 1. The van der Waals surface area contributed by atoms with Crippen molar-refractivity contribution in [3.8, 4) is 0 Å². The number of benzene rings is 1. The fraction of sp³-hybridized carbons (Fsp3) is 0.500. The van der Waals surface area contributed by atoms with Crippen LogP contribution >= 0.6 is 11.3 Å². The molecule has 1 spiro atoms. The third kappa shape index (κ3) is 5.58. The quantitative estimate of drug-likeness (QED) is 0.633. The summed E-state index contributed by atoms with van der Waals surface area (Å²) < 4.78 is 6.27. The topological polar surface area (TPSA) is 82.2 Å². The van der Waals surface area contributed by atoms with Crippen molar-refractivity contribution in [3.05, 3.63) is 57.8 Å². The molecule has 0 aliphatic carbocycles. The fourth-order valence-electron chi connectivity index (χ4n) is 4.81. The van der Waals surface area contributed by atoms with E-state index in [1.165, 1.54) is 0 Å². The van der Waals surface area contributed by atoms with Crippen LogP contribution in [0.5, 0.6) is 0 Å². The molecule has 1 unspecified atom stereocenters. The first-order chi connectivity index (χ1) is 16.8. The van der Waals surface area contributed by atoms with Crippen LogP contribution in [0, 0.1) is 6.92 Å². The van der Waals surface area contributed by atoms with E-state index >= 15 is 0 Å². The Morgan fingerprint density at radius 3 is 2.54 bits per heavy atom. The van der Waals surface area contributed by atoms with Gasteiger partial charge in [0.05, 0.1) is 13.0 Å². The first kappa shape index (κ1) is 25.3. The van der Waals surface area contributed by atoms with Gasteiger partial charge < -0.3 is 19.9 Å². The van der Waals surface area contributed by atoms with E-state index in [4.69, 9.17) is 4.74 Å². The summed E-state index contributed by atoms with van der Waals surface area (Å²) in [7, 11) is 3.89. The van der Waals surface area contributed by atoms with Gasteiger partial charge in [0.2, 0.25) is 11.8 Å². The van der Waals surface area contributed by atoms with Crippen molar-refractivity contribution >= 4 is 29.1 Å². The molecule has 2 aliphatic heterocycles. The Hall–Kier alpha value is -2.75. The third-order valence-corrected chi connectivity index (χ3v) is 7.70. The molecule has 2 fully saturated rings. The molecule has 188 valence electrons. The van der Waals surface area contributed by atoms with Crippen molar-refractivity contribution in [1.82, 2.24) is 20.0 Å². The maximum absolute atomic E-state index is 13.8. The summed E-state index contributed by atoms with van der Waals surface area (Å²) in [4.78, 5) is 46.4. The Labute approximate surface area is 210 Å². The zero-order valence-electron chi connectivity index (χ0n) is 20.7. The van der Waals surface area contributed by atoms with Crippen LogP contribution in [0.3, 0.4) is 0 Å². The molecule has 2 saturated heterocycles. The number of rotatable bonds is 7.